The van der Waals surface area contributed by atoms with Crippen LogP contribution in [0.1, 0.15) is 44.7 Å². The lowest BCUT2D eigenvalue weighted by atomic mass is 9.79. The fourth-order valence-corrected chi connectivity index (χ4v) is 5.08. The van der Waals surface area contributed by atoms with Crippen molar-refractivity contribution in [1.29, 1.82) is 0 Å². The minimum Gasteiger partial charge on any atom is -0.465 e. The molecule has 3 aliphatic rings. The van der Waals surface area contributed by atoms with Gasteiger partial charge in [0.2, 0.25) is 16.0 Å². The molecule has 0 bridgehead atoms. The van der Waals surface area contributed by atoms with Crippen LogP contribution in [0.25, 0.3) is 0 Å². The Morgan fingerprint density at radius 1 is 1.38 bits per heavy atom. The molecule has 0 saturated heterocycles. The van der Waals surface area contributed by atoms with Crippen LogP contribution >= 0.6 is 0 Å². The minimum absolute atomic E-state index is 0.0450. The Morgan fingerprint density at radius 3 is 2.71 bits per heavy atom. The van der Waals surface area contributed by atoms with Gasteiger partial charge in [0.1, 0.15) is 5.41 Å². The van der Waals surface area contributed by atoms with E-state index in [0.717, 1.165) is 19.3 Å². The van der Waals surface area contributed by atoms with E-state index >= 15 is 0 Å². The lowest BCUT2D eigenvalue weighted by molar-refractivity contribution is -0.150. The van der Waals surface area contributed by atoms with Crippen molar-refractivity contribution >= 4 is 21.9 Å². The fraction of sp³-hybridized carbons (Fsp3) is 0.688. The van der Waals surface area contributed by atoms with E-state index in [0.29, 0.717) is 37.0 Å². The summed E-state index contributed by atoms with van der Waals surface area (Å²) in [6.07, 6.45) is 5.46. The third kappa shape index (κ3) is 2.66. The highest BCUT2D eigenvalue weighted by atomic mass is 32.2. The summed E-state index contributed by atoms with van der Waals surface area (Å²) in [7, 11) is -3.42. The van der Waals surface area contributed by atoms with Gasteiger partial charge in [-0.05, 0) is 56.9 Å². The fourth-order valence-electron chi connectivity index (χ4n) is 3.80. The zero-order valence-corrected chi connectivity index (χ0v) is 14.4. The summed E-state index contributed by atoms with van der Waals surface area (Å²) in [5.41, 5.74) is -0.191. The van der Waals surface area contributed by atoms with E-state index in [9.17, 15) is 13.2 Å². The Bertz CT molecular complexity index is 765. The Hall–Kier alpha value is -1.70. The van der Waals surface area contributed by atoms with Crippen molar-refractivity contribution in [1.82, 2.24) is 9.97 Å². The Balaban J connectivity index is 1.64. The molecule has 4 rings (SSSR count). The van der Waals surface area contributed by atoms with Gasteiger partial charge in [-0.3, -0.25) is 9.52 Å². The molecule has 1 heterocycles. The van der Waals surface area contributed by atoms with Crippen LogP contribution in [0, 0.1) is 11.8 Å². The number of aromatic nitrogens is 2. The number of esters is 1. The van der Waals surface area contributed by atoms with Crippen molar-refractivity contribution in [3.05, 3.63) is 18.0 Å². The first-order chi connectivity index (χ1) is 11.4. The third-order valence-electron chi connectivity index (χ3n) is 5.30. The summed E-state index contributed by atoms with van der Waals surface area (Å²) in [4.78, 5) is 21.0. The molecular weight excluding hydrogens is 330 g/mol. The molecule has 0 amide bonds. The first-order valence-electron chi connectivity index (χ1n) is 8.47. The summed E-state index contributed by atoms with van der Waals surface area (Å²) >= 11 is 0. The van der Waals surface area contributed by atoms with Crippen LogP contribution in [0.2, 0.25) is 0 Å². The highest BCUT2D eigenvalue weighted by Gasteiger charge is 2.59. The van der Waals surface area contributed by atoms with Crippen molar-refractivity contribution < 1.29 is 17.9 Å². The van der Waals surface area contributed by atoms with E-state index < -0.39 is 15.4 Å². The lowest BCUT2D eigenvalue weighted by Gasteiger charge is -2.27. The monoisotopic (exact) mass is 351 g/mol. The van der Waals surface area contributed by atoms with Gasteiger partial charge in [0.05, 0.1) is 17.6 Å². The van der Waals surface area contributed by atoms with Crippen LogP contribution in [-0.2, 0) is 25.0 Å². The Labute approximate surface area is 141 Å². The highest BCUT2D eigenvalue weighted by Crippen LogP contribution is 2.60. The van der Waals surface area contributed by atoms with Crippen molar-refractivity contribution in [3.8, 4) is 0 Å². The van der Waals surface area contributed by atoms with Gasteiger partial charge in [-0.2, -0.15) is 0 Å². The van der Waals surface area contributed by atoms with Crippen molar-refractivity contribution in [2.24, 2.45) is 11.8 Å². The number of ether oxygens (including phenoxy) is 1. The second-order valence-corrected chi connectivity index (χ2v) is 9.04. The molecule has 8 heteroatoms. The zero-order valence-electron chi connectivity index (χ0n) is 13.6. The quantitative estimate of drug-likeness (QED) is 0.782. The number of nitrogens with zero attached hydrogens (tertiary/aromatic N) is 2. The highest BCUT2D eigenvalue weighted by molar-refractivity contribution is 7.93. The van der Waals surface area contributed by atoms with E-state index in [1.54, 1.807) is 13.0 Å². The number of carbonyl (C=O) groups excluding carboxylic acids is 1. The molecule has 0 aliphatic heterocycles. The van der Waals surface area contributed by atoms with E-state index in [-0.39, 0.29) is 17.2 Å². The van der Waals surface area contributed by atoms with E-state index in [2.05, 4.69) is 14.7 Å². The first-order valence-corrected chi connectivity index (χ1v) is 10.0. The Morgan fingerprint density at radius 2 is 2.08 bits per heavy atom. The maximum atomic E-state index is 12.6. The number of hydrogen-bond acceptors (Lipinski definition) is 6. The molecule has 0 aromatic carbocycles. The van der Waals surface area contributed by atoms with Crippen LogP contribution < -0.4 is 4.72 Å². The number of nitrogens with one attached hydrogen (secondary N) is 1. The van der Waals surface area contributed by atoms with Gasteiger partial charge < -0.3 is 4.74 Å². The number of sulfonamides is 1. The SMILES string of the molecule is CCOC(=O)C1(c2ccnc(NS(=O)(=O)C3CC3)n2)CC2CC2C1. The van der Waals surface area contributed by atoms with Gasteiger partial charge in [0, 0.05) is 6.20 Å². The summed E-state index contributed by atoms with van der Waals surface area (Å²) in [5.74, 6) is 0.891. The minimum atomic E-state index is -3.42. The van der Waals surface area contributed by atoms with Gasteiger partial charge in [-0.1, -0.05) is 0 Å². The van der Waals surface area contributed by atoms with Gasteiger partial charge in [-0.25, -0.2) is 18.4 Å². The average Bonchev–Trinajstić information content (AvgIpc) is 3.46. The van der Waals surface area contributed by atoms with Crippen molar-refractivity contribution in [2.45, 2.75) is 49.7 Å². The second kappa shape index (κ2) is 5.40. The zero-order chi connectivity index (χ0) is 16.9. The molecule has 3 fully saturated rings. The van der Waals surface area contributed by atoms with Crippen LogP contribution in [0.5, 0.6) is 0 Å². The van der Waals surface area contributed by atoms with Gasteiger partial charge in [-0.15, -0.1) is 0 Å². The van der Waals surface area contributed by atoms with Crippen LogP contribution in [0.4, 0.5) is 5.95 Å². The number of hydrogen-bond donors (Lipinski definition) is 1. The topological polar surface area (TPSA) is 98.2 Å². The molecule has 1 aromatic heterocycles. The normalized spacial score (nSPS) is 31.4. The van der Waals surface area contributed by atoms with Crippen molar-refractivity contribution in [2.75, 3.05) is 11.3 Å². The smallest absolute Gasteiger partial charge is 0.318 e. The largest absolute Gasteiger partial charge is 0.465 e. The molecule has 3 aliphatic carbocycles. The van der Waals surface area contributed by atoms with E-state index in [4.69, 9.17) is 4.74 Å². The number of anilines is 1. The summed E-state index contributed by atoms with van der Waals surface area (Å²) in [5, 5.41) is -0.345. The summed E-state index contributed by atoms with van der Waals surface area (Å²) in [6, 6.07) is 1.70. The molecule has 1 N–H and O–H groups in total. The molecule has 7 nitrogen and oxygen atoms in total. The first kappa shape index (κ1) is 15.8. The lowest BCUT2D eigenvalue weighted by Crippen LogP contribution is -2.37. The maximum absolute atomic E-state index is 12.6. The van der Waals surface area contributed by atoms with Crippen LogP contribution in [0.15, 0.2) is 12.3 Å². The van der Waals surface area contributed by atoms with Crippen molar-refractivity contribution in [3.63, 3.8) is 0 Å². The van der Waals surface area contributed by atoms with E-state index in [1.165, 1.54) is 6.20 Å². The maximum Gasteiger partial charge on any atom is 0.318 e. The summed E-state index contributed by atoms with van der Waals surface area (Å²) < 4.78 is 31.9. The molecule has 3 saturated carbocycles. The molecular formula is C16H21N3O4S. The Kier molecular flexibility index (Phi) is 3.56. The molecule has 2 atom stereocenters. The third-order valence-corrected chi connectivity index (χ3v) is 7.12. The van der Waals surface area contributed by atoms with Gasteiger partial charge in [0.15, 0.2) is 0 Å². The average molecular weight is 351 g/mol. The molecule has 0 spiro atoms. The predicted octanol–water partition coefficient (Wildman–Crippen LogP) is 1.61. The van der Waals surface area contributed by atoms with Gasteiger partial charge >= 0.3 is 5.97 Å². The number of fused-ring (bicyclic) bond motifs is 1. The molecule has 1 aromatic rings. The van der Waals surface area contributed by atoms with Crippen LogP contribution in [0.3, 0.4) is 0 Å². The second-order valence-electron chi connectivity index (χ2n) is 7.08. The predicted molar refractivity (Wildman–Crippen MR) is 86.7 cm³/mol. The summed E-state index contributed by atoms with van der Waals surface area (Å²) in [6.45, 7) is 2.11. The van der Waals surface area contributed by atoms with Gasteiger partial charge in [0.25, 0.3) is 0 Å². The van der Waals surface area contributed by atoms with E-state index in [1.807, 2.05) is 0 Å². The molecule has 24 heavy (non-hydrogen) atoms. The molecule has 0 radical (unpaired) electrons. The molecule has 2 unspecified atom stereocenters. The number of rotatable bonds is 6. The number of carbonyl (C=O) groups is 1. The molecule has 130 valence electrons. The standard InChI is InChI=1S/C16H21N3O4S/c1-2-23-14(20)16(8-10-7-11(10)9-16)13-5-6-17-15(18-13)19-24(21,22)12-3-4-12/h5-6,10-12H,2-4,7-9H2,1H3,(H,17,18,19). The van der Waals surface area contributed by atoms with Crippen LogP contribution in [-0.4, -0.2) is 36.2 Å².